The fourth-order valence-corrected chi connectivity index (χ4v) is 9.50. The number of benzene rings is 3. The summed E-state index contributed by atoms with van der Waals surface area (Å²) in [7, 11) is -1.85. The first kappa shape index (κ1) is 23.9. The Hall–Kier alpha value is -1.73. The van der Waals surface area contributed by atoms with Crippen LogP contribution in [0.25, 0.3) is 0 Å². The summed E-state index contributed by atoms with van der Waals surface area (Å²) in [5.41, 5.74) is 3.11. The van der Waals surface area contributed by atoms with Gasteiger partial charge in [0.1, 0.15) is 23.2 Å². The second kappa shape index (κ2) is 9.82. The van der Waals surface area contributed by atoms with Gasteiger partial charge in [0, 0.05) is 6.61 Å². The zero-order valence-electron chi connectivity index (χ0n) is 18.6. The van der Waals surface area contributed by atoms with E-state index in [1.165, 1.54) is 27.1 Å². The Morgan fingerprint density at radius 2 is 1.19 bits per heavy atom. The van der Waals surface area contributed by atoms with Crippen molar-refractivity contribution in [1.82, 2.24) is 0 Å². The maximum atomic E-state index is 9.77. The van der Waals surface area contributed by atoms with Crippen LogP contribution in [0.15, 0.2) is 102 Å². The van der Waals surface area contributed by atoms with Gasteiger partial charge in [-0.05, 0) is 66.6 Å². The van der Waals surface area contributed by atoms with Crippen molar-refractivity contribution in [2.45, 2.75) is 27.2 Å². The first-order valence-electron chi connectivity index (χ1n) is 10.8. The summed E-state index contributed by atoms with van der Waals surface area (Å²) in [4.78, 5) is 0. The summed E-state index contributed by atoms with van der Waals surface area (Å²) in [6.45, 7) is 7.20. The third-order valence-corrected chi connectivity index (χ3v) is 11.5. The number of aliphatic hydroxyl groups excluding tert-OH is 1. The number of allylic oxidation sites excluding steroid dienone is 2. The average Bonchev–Trinajstić information content (AvgIpc) is 2.79. The quantitative estimate of drug-likeness (QED) is 0.411. The van der Waals surface area contributed by atoms with Crippen LogP contribution in [0.5, 0.6) is 0 Å². The number of hydrogen-bond acceptors (Lipinski definition) is 1. The molecule has 0 saturated heterocycles. The van der Waals surface area contributed by atoms with E-state index in [1.807, 2.05) is 0 Å². The zero-order chi connectivity index (χ0) is 21.2. The molecule has 3 aromatic rings. The van der Waals surface area contributed by atoms with Crippen LogP contribution in [0, 0.1) is 11.3 Å². The maximum absolute atomic E-state index is 9.77. The molecule has 1 aliphatic carbocycles. The minimum Gasteiger partial charge on any atom is -1.00 e. The van der Waals surface area contributed by atoms with Gasteiger partial charge in [0.25, 0.3) is 0 Å². The molecule has 1 unspecified atom stereocenters. The molecule has 0 bridgehead atoms. The molecule has 1 N–H and O–H groups in total. The molecule has 1 aliphatic rings. The summed E-state index contributed by atoms with van der Waals surface area (Å²) < 4.78 is 0. The van der Waals surface area contributed by atoms with Crippen LogP contribution >= 0.6 is 7.26 Å². The van der Waals surface area contributed by atoms with Crippen LogP contribution in [0.4, 0.5) is 0 Å². The first-order valence-corrected chi connectivity index (χ1v) is 12.8. The van der Waals surface area contributed by atoms with Gasteiger partial charge in [0.15, 0.2) is 0 Å². The highest BCUT2D eigenvalue weighted by molar-refractivity contribution is 7.95. The summed E-state index contributed by atoms with van der Waals surface area (Å²) in [5.74, 6) is 0.375. The number of rotatable bonds is 6. The van der Waals surface area contributed by atoms with E-state index in [0.29, 0.717) is 5.92 Å². The minimum atomic E-state index is -1.85. The van der Waals surface area contributed by atoms with E-state index < -0.39 is 7.26 Å². The van der Waals surface area contributed by atoms with Crippen LogP contribution in [-0.2, 0) is 0 Å². The summed E-state index contributed by atoms with van der Waals surface area (Å²) in [6.07, 6.45) is 2.07. The standard InChI is InChI=1S/C28H32OP.BrH/c1-22(27-19-23(20-29)28(27,2)3)21-30(24-13-7-4-8-14-24,25-15-9-5-10-16-25)26-17-11-6-12-18-26;/h4-18,23,29H,19-21H2,1-3H3;1H/q+1;/p-1. The van der Waals surface area contributed by atoms with Gasteiger partial charge in [0.05, 0.1) is 6.16 Å². The SMILES string of the molecule is CC(C[P+](c1ccccc1)(c1ccccc1)c1ccccc1)=C1CC(CO)C1(C)C.[Br-]. The Balaban J connectivity index is 0.00000272. The predicted molar refractivity (Wildman–Crippen MR) is 132 cm³/mol. The van der Waals surface area contributed by atoms with Gasteiger partial charge < -0.3 is 22.1 Å². The fourth-order valence-electron chi connectivity index (χ4n) is 5.12. The normalized spacial score (nSPS) is 19.2. The van der Waals surface area contributed by atoms with Gasteiger partial charge in [-0.25, -0.2) is 0 Å². The highest BCUT2D eigenvalue weighted by Crippen LogP contribution is 2.59. The van der Waals surface area contributed by atoms with Gasteiger partial charge in [-0.3, -0.25) is 0 Å². The molecule has 1 saturated carbocycles. The molecule has 3 aromatic carbocycles. The molecule has 0 aromatic heterocycles. The molecule has 162 valence electrons. The third-order valence-electron chi connectivity index (χ3n) is 7.05. The van der Waals surface area contributed by atoms with Crippen molar-refractivity contribution < 1.29 is 22.1 Å². The second-order valence-corrected chi connectivity index (χ2v) is 12.5. The van der Waals surface area contributed by atoms with Crippen LogP contribution in [0.1, 0.15) is 27.2 Å². The van der Waals surface area contributed by atoms with Crippen molar-refractivity contribution in [2.75, 3.05) is 12.8 Å². The first-order chi connectivity index (χ1) is 14.5. The summed E-state index contributed by atoms with van der Waals surface area (Å²) >= 11 is 0. The molecule has 1 atom stereocenters. The molecular formula is C28H32BrOP. The zero-order valence-corrected chi connectivity index (χ0v) is 21.1. The van der Waals surface area contributed by atoms with Gasteiger partial charge in [0.2, 0.25) is 0 Å². The molecule has 1 fully saturated rings. The molecule has 0 aliphatic heterocycles. The van der Waals surface area contributed by atoms with E-state index in [4.69, 9.17) is 0 Å². The van der Waals surface area contributed by atoms with E-state index in [-0.39, 0.29) is 29.0 Å². The average molecular weight is 495 g/mol. The lowest BCUT2D eigenvalue weighted by molar-refractivity contribution is -0.00000870. The molecule has 0 radical (unpaired) electrons. The number of aliphatic hydroxyl groups is 1. The summed E-state index contributed by atoms with van der Waals surface area (Å²) in [5, 5.41) is 14.1. The molecule has 31 heavy (non-hydrogen) atoms. The fraction of sp³-hybridized carbons (Fsp3) is 0.286. The Morgan fingerprint density at radius 1 is 0.806 bits per heavy atom. The highest BCUT2D eigenvalue weighted by atomic mass is 79.9. The number of hydrogen-bond donors (Lipinski definition) is 1. The lowest BCUT2D eigenvalue weighted by Crippen LogP contribution is -3.00. The Kier molecular flexibility index (Phi) is 7.58. The van der Waals surface area contributed by atoms with E-state index in [1.54, 1.807) is 0 Å². The van der Waals surface area contributed by atoms with Crippen molar-refractivity contribution in [3.05, 3.63) is 102 Å². The second-order valence-electron chi connectivity index (χ2n) is 9.04. The van der Waals surface area contributed by atoms with Gasteiger partial charge in [-0.1, -0.05) is 74.0 Å². The molecule has 3 heteroatoms. The van der Waals surface area contributed by atoms with Crippen LogP contribution in [0.3, 0.4) is 0 Å². The summed E-state index contributed by atoms with van der Waals surface area (Å²) in [6, 6.07) is 33.3. The van der Waals surface area contributed by atoms with Gasteiger partial charge in [-0.2, -0.15) is 0 Å². The topological polar surface area (TPSA) is 20.2 Å². The Morgan fingerprint density at radius 3 is 1.52 bits per heavy atom. The molecule has 4 rings (SSSR count). The largest absolute Gasteiger partial charge is 1.00 e. The third kappa shape index (κ3) is 4.31. The van der Waals surface area contributed by atoms with E-state index >= 15 is 0 Å². The van der Waals surface area contributed by atoms with Gasteiger partial charge >= 0.3 is 0 Å². The monoisotopic (exact) mass is 494 g/mol. The van der Waals surface area contributed by atoms with E-state index in [0.717, 1.165) is 12.6 Å². The Bertz CT molecular complexity index is 916. The van der Waals surface area contributed by atoms with Crippen molar-refractivity contribution in [3.8, 4) is 0 Å². The molecule has 0 heterocycles. The molecule has 0 spiro atoms. The number of halogens is 1. The van der Waals surface area contributed by atoms with E-state index in [2.05, 4.69) is 112 Å². The van der Waals surface area contributed by atoms with Crippen LogP contribution in [-0.4, -0.2) is 17.9 Å². The predicted octanol–water partition coefficient (Wildman–Crippen LogP) is 2.34. The van der Waals surface area contributed by atoms with Gasteiger partial charge in [-0.15, -0.1) is 0 Å². The van der Waals surface area contributed by atoms with Crippen molar-refractivity contribution in [2.24, 2.45) is 11.3 Å². The smallest absolute Gasteiger partial charge is 0.116 e. The van der Waals surface area contributed by atoms with E-state index in [9.17, 15) is 5.11 Å². The lowest BCUT2D eigenvalue weighted by atomic mass is 9.58. The van der Waals surface area contributed by atoms with Crippen molar-refractivity contribution in [3.63, 3.8) is 0 Å². The minimum absolute atomic E-state index is 0. The highest BCUT2D eigenvalue weighted by Gasteiger charge is 2.49. The van der Waals surface area contributed by atoms with Crippen molar-refractivity contribution in [1.29, 1.82) is 0 Å². The molecular weight excluding hydrogens is 463 g/mol. The van der Waals surface area contributed by atoms with Crippen molar-refractivity contribution >= 4 is 23.2 Å². The Labute approximate surface area is 198 Å². The van der Waals surface area contributed by atoms with Crippen LogP contribution in [0.2, 0.25) is 0 Å². The lowest BCUT2D eigenvalue weighted by Gasteiger charge is -2.48. The molecule has 0 amide bonds. The van der Waals surface area contributed by atoms with Crippen LogP contribution < -0.4 is 32.9 Å². The maximum Gasteiger partial charge on any atom is 0.116 e. The molecule has 1 nitrogen and oxygen atoms in total.